The van der Waals surface area contributed by atoms with Crippen LogP contribution in [0.2, 0.25) is 0 Å². The first-order valence-electron chi connectivity index (χ1n) is 11.3. The second-order valence-corrected chi connectivity index (χ2v) is 10.9. The number of rotatable bonds is 10. The van der Waals surface area contributed by atoms with Crippen LogP contribution in [0.25, 0.3) is 0 Å². The third kappa shape index (κ3) is 6.52. The Labute approximate surface area is 214 Å². The minimum absolute atomic E-state index is 0.102. The Balaban J connectivity index is 1.34. The highest BCUT2D eigenvalue weighted by Crippen LogP contribution is 2.24. The molecular weight excluding hydrogens is 496 g/mol. The fourth-order valence-corrected chi connectivity index (χ4v) is 5.50. The Kier molecular flexibility index (Phi) is 8.07. The number of hydrogen-bond donors (Lipinski definition) is 1. The highest BCUT2D eigenvalue weighted by Gasteiger charge is 2.21. The summed E-state index contributed by atoms with van der Waals surface area (Å²) in [6, 6.07) is 23.3. The van der Waals surface area contributed by atoms with E-state index in [1.54, 1.807) is 53.1 Å². The summed E-state index contributed by atoms with van der Waals surface area (Å²) in [6.07, 6.45) is 0. The standard InChI is InChI=1S/C26H26N4O4S2/c1-3-30-24(18-36(32,33)23-15-9-19(2)10-16-23)28-29-26(30)35-17-25(31)27-20-11-13-22(14-12-20)34-21-7-5-4-6-8-21/h4-16H,3,17-18H2,1-2H3,(H,27,31). The van der Waals surface area contributed by atoms with Crippen LogP contribution in [0.3, 0.4) is 0 Å². The molecular formula is C26H26N4O4S2. The highest BCUT2D eigenvalue weighted by atomic mass is 32.2. The number of anilines is 1. The molecule has 0 aliphatic carbocycles. The van der Waals surface area contributed by atoms with Crippen LogP contribution in [0, 0.1) is 6.92 Å². The number of amides is 1. The smallest absolute Gasteiger partial charge is 0.234 e. The van der Waals surface area contributed by atoms with Crippen molar-refractivity contribution in [2.75, 3.05) is 11.1 Å². The van der Waals surface area contributed by atoms with Gasteiger partial charge in [0, 0.05) is 12.2 Å². The number of carbonyl (C=O) groups is 1. The van der Waals surface area contributed by atoms with Crippen LogP contribution in [0.4, 0.5) is 5.69 Å². The van der Waals surface area contributed by atoms with Gasteiger partial charge in [-0.3, -0.25) is 4.79 Å². The van der Waals surface area contributed by atoms with E-state index in [9.17, 15) is 13.2 Å². The largest absolute Gasteiger partial charge is 0.457 e. The van der Waals surface area contributed by atoms with Crippen molar-refractivity contribution < 1.29 is 17.9 Å². The number of aromatic nitrogens is 3. The molecule has 8 nitrogen and oxygen atoms in total. The minimum atomic E-state index is -3.57. The fourth-order valence-electron chi connectivity index (χ4n) is 3.41. The Morgan fingerprint density at radius 2 is 1.61 bits per heavy atom. The van der Waals surface area contributed by atoms with Crippen LogP contribution in [-0.2, 0) is 26.9 Å². The van der Waals surface area contributed by atoms with Gasteiger partial charge in [-0.1, -0.05) is 47.7 Å². The maximum absolute atomic E-state index is 12.8. The second-order valence-electron chi connectivity index (χ2n) is 7.99. The van der Waals surface area contributed by atoms with Gasteiger partial charge in [-0.2, -0.15) is 0 Å². The van der Waals surface area contributed by atoms with Gasteiger partial charge in [0.1, 0.15) is 23.1 Å². The molecule has 0 saturated heterocycles. The second kappa shape index (κ2) is 11.4. The molecule has 1 aromatic heterocycles. The maximum atomic E-state index is 12.8. The van der Waals surface area contributed by atoms with Gasteiger partial charge < -0.3 is 14.6 Å². The molecule has 0 bridgehead atoms. The molecule has 0 unspecified atom stereocenters. The molecule has 1 heterocycles. The summed E-state index contributed by atoms with van der Waals surface area (Å²) in [5.74, 6) is 1.37. The molecule has 36 heavy (non-hydrogen) atoms. The number of aryl methyl sites for hydroxylation is 1. The van der Waals surface area contributed by atoms with Gasteiger partial charge in [-0.15, -0.1) is 10.2 Å². The first-order chi connectivity index (χ1) is 17.3. The fraction of sp³-hybridized carbons (Fsp3) is 0.192. The van der Waals surface area contributed by atoms with E-state index in [1.807, 2.05) is 44.2 Å². The monoisotopic (exact) mass is 522 g/mol. The normalized spacial score (nSPS) is 11.3. The Hall–Kier alpha value is -3.63. The van der Waals surface area contributed by atoms with E-state index in [4.69, 9.17) is 4.74 Å². The molecule has 0 atom stereocenters. The Morgan fingerprint density at radius 3 is 2.28 bits per heavy atom. The third-order valence-electron chi connectivity index (χ3n) is 5.26. The van der Waals surface area contributed by atoms with E-state index in [0.717, 1.165) is 11.3 Å². The summed E-state index contributed by atoms with van der Waals surface area (Å²) < 4.78 is 33.1. The van der Waals surface area contributed by atoms with Crippen molar-refractivity contribution in [3.8, 4) is 11.5 Å². The van der Waals surface area contributed by atoms with Gasteiger partial charge in [-0.05, 0) is 62.4 Å². The van der Waals surface area contributed by atoms with Gasteiger partial charge >= 0.3 is 0 Å². The number of carbonyl (C=O) groups excluding carboxylic acids is 1. The summed E-state index contributed by atoms with van der Waals surface area (Å²) in [5, 5.41) is 11.5. The van der Waals surface area contributed by atoms with E-state index in [2.05, 4.69) is 15.5 Å². The number of nitrogens with one attached hydrogen (secondary N) is 1. The first kappa shape index (κ1) is 25.5. The van der Waals surface area contributed by atoms with Gasteiger partial charge in [0.25, 0.3) is 0 Å². The average Bonchev–Trinajstić information content (AvgIpc) is 3.25. The lowest BCUT2D eigenvalue weighted by molar-refractivity contribution is -0.113. The van der Waals surface area contributed by atoms with Gasteiger partial charge in [-0.25, -0.2) is 8.42 Å². The lowest BCUT2D eigenvalue weighted by atomic mass is 10.2. The van der Waals surface area contributed by atoms with Crippen molar-refractivity contribution in [2.24, 2.45) is 0 Å². The van der Waals surface area contributed by atoms with E-state index in [0.29, 0.717) is 29.0 Å². The molecule has 0 aliphatic rings. The van der Waals surface area contributed by atoms with Gasteiger partial charge in [0.15, 0.2) is 15.0 Å². The van der Waals surface area contributed by atoms with Gasteiger partial charge in [0.2, 0.25) is 5.91 Å². The zero-order chi connectivity index (χ0) is 25.5. The number of thioether (sulfide) groups is 1. The SMILES string of the molecule is CCn1c(CS(=O)(=O)c2ccc(C)cc2)nnc1SCC(=O)Nc1ccc(Oc2ccccc2)cc1. The zero-order valence-corrected chi connectivity index (χ0v) is 21.6. The molecule has 4 rings (SSSR count). The highest BCUT2D eigenvalue weighted by molar-refractivity contribution is 7.99. The summed E-state index contributed by atoms with van der Waals surface area (Å²) in [6.45, 7) is 4.27. The van der Waals surface area contributed by atoms with Crippen molar-refractivity contribution >= 4 is 33.2 Å². The van der Waals surface area contributed by atoms with Crippen LogP contribution in [0.5, 0.6) is 11.5 Å². The zero-order valence-electron chi connectivity index (χ0n) is 19.9. The van der Waals surface area contributed by atoms with Crippen molar-refractivity contribution in [2.45, 2.75) is 36.2 Å². The number of ether oxygens (including phenoxy) is 1. The summed E-state index contributed by atoms with van der Waals surface area (Å²) in [7, 11) is -3.57. The lowest BCUT2D eigenvalue weighted by Gasteiger charge is -2.09. The number of benzene rings is 3. The molecule has 0 radical (unpaired) electrons. The van der Waals surface area contributed by atoms with Crippen molar-refractivity contribution in [1.29, 1.82) is 0 Å². The van der Waals surface area contributed by atoms with Gasteiger partial charge in [0.05, 0.1) is 10.6 Å². The quantitative estimate of drug-likeness (QED) is 0.289. The predicted molar refractivity (Wildman–Crippen MR) is 140 cm³/mol. The van der Waals surface area contributed by atoms with Crippen LogP contribution in [0.1, 0.15) is 18.3 Å². The summed E-state index contributed by atoms with van der Waals surface area (Å²) in [5.41, 5.74) is 1.63. The van der Waals surface area contributed by atoms with E-state index in [-0.39, 0.29) is 22.3 Å². The molecule has 10 heteroatoms. The lowest BCUT2D eigenvalue weighted by Crippen LogP contribution is -2.15. The van der Waals surface area contributed by atoms with E-state index < -0.39 is 9.84 Å². The topological polar surface area (TPSA) is 103 Å². The summed E-state index contributed by atoms with van der Waals surface area (Å²) >= 11 is 1.21. The minimum Gasteiger partial charge on any atom is -0.457 e. The molecule has 1 N–H and O–H groups in total. The number of sulfone groups is 1. The molecule has 0 saturated carbocycles. The van der Waals surface area contributed by atoms with Crippen LogP contribution in [0.15, 0.2) is 88.9 Å². The predicted octanol–water partition coefficient (Wildman–Crippen LogP) is 5.10. The molecule has 186 valence electrons. The number of hydrogen-bond acceptors (Lipinski definition) is 7. The molecule has 0 spiro atoms. The number of nitrogens with zero attached hydrogens (tertiary/aromatic N) is 3. The molecule has 1 amide bonds. The maximum Gasteiger partial charge on any atom is 0.234 e. The summed E-state index contributed by atoms with van der Waals surface area (Å²) in [4.78, 5) is 12.7. The third-order valence-corrected chi connectivity index (χ3v) is 7.85. The van der Waals surface area contributed by atoms with Crippen molar-refractivity contribution in [3.63, 3.8) is 0 Å². The Morgan fingerprint density at radius 1 is 0.944 bits per heavy atom. The average molecular weight is 523 g/mol. The van der Waals surface area contributed by atoms with Crippen molar-refractivity contribution in [1.82, 2.24) is 14.8 Å². The molecule has 4 aromatic rings. The first-order valence-corrected chi connectivity index (χ1v) is 13.9. The van der Waals surface area contributed by atoms with E-state index in [1.165, 1.54) is 11.8 Å². The van der Waals surface area contributed by atoms with E-state index >= 15 is 0 Å². The van der Waals surface area contributed by atoms with Crippen LogP contribution < -0.4 is 10.1 Å². The van der Waals surface area contributed by atoms with Crippen LogP contribution >= 0.6 is 11.8 Å². The molecule has 0 fully saturated rings. The molecule has 0 aliphatic heterocycles. The number of para-hydroxylation sites is 1. The van der Waals surface area contributed by atoms with Crippen molar-refractivity contribution in [3.05, 3.63) is 90.3 Å². The Bertz CT molecular complexity index is 1420. The molecule has 3 aromatic carbocycles. The van der Waals surface area contributed by atoms with Crippen LogP contribution in [-0.4, -0.2) is 34.8 Å².